The highest BCUT2D eigenvalue weighted by Crippen LogP contribution is 2.33. The first-order valence-corrected chi connectivity index (χ1v) is 5.84. The molecule has 2 N–H and O–H groups in total. The van der Waals surface area contributed by atoms with E-state index in [2.05, 4.69) is 15.1 Å². The summed E-state index contributed by atoms with van der Waals surface area (Å²) in [6, 6.07) is 3.88. The van der Waals surface area contributed by atoms with Gasteiger partial charge in [0.15, 0.2) is 0 Å². The number of nitrogens with two attached hydrogens (primary N) is 1. The van der Waals surface area contributed by atoms with Gasteiger partial charge in [-0.05, 0) is 25.0 Å². The van der Waals surface area contributed by atoms with E-state index < -0.39 is 0 Å². The minimum Gasteiger partial charge on any atom is -0.339 e. The molecule has 0 amide bonds. The summed E-state index contributed by atoms with van der Waals surface area (Å²) < 4.78 is 5.31. The van der Waals surface area contributed by atoms with Crippen molar-refractivity contribution in [1.82, 2.24) is 15.1 Å². The van der Waals surface area contributed by atoms with Crippen LogP contribution in [0.1, 0.15) is 31.1 Å². The lowest BCUT2D eigenvalue weighted by atomic mass is 10.1. The predicted molar refractivity (Wildman–Crippen MR) is 62.1 cm³/mol. The van der Waals surface area contributed by atoms with Gasteiger partial charge < -0.3 is 10.3 Å². The molecule has 88 valence electrons. The van der Waals surface area contributed by atoms with Gasteiger partial charge in [-0.3, -0.25) is 4.98 Å². The molecule has 0 bridgehead atoms. The van der Waals surface area contributed by atoms with Crippen molar-refractivity contribution >= 4 is 0 Å². The Morgan fingerprint density at radius 2 is 2.06 bits per heavy atom. The minimum absolute atomic E-state index is 0.153. The molecule has 2 heterocycles. The fraction of sp³-hybridized carbons (Fsp3) is 0.417. The van der Waals surface area contributed by atoms with Crippen LogP contribution in [-0.2, 0) is 0 Å². The van der Waals surface area contributed by atoms with Gasteiger partial charge in [-0.15, -0.1) is 0 Å². The lowest BCUT2D eigenvalue weighted by Gasteiger charge is -2.08. The summed E-state index contributed by atoms with van der Waals surface area (Å²) >= 11 is 0. The fourth-order valence-electron chi connectivity index (χ4n) is 2.30. The Labute approximate surface area is 99.1 Å². The molecule has 0 aliphatic heterocycles. The average molecular weight is 230 g/mol. The lowest BCUT2D eigenvalue weighted by Crippen LogP contribution is -2.22. The van der Waals surface area contributed by atoms with Gasteiger partial charge in [0.05, 0.1) is 5.92 Å². The molecule has 3 rings (SSSR count). The van der Waals surface area contributed by atoms with Crippen molar-refractivity contribution in [1.29, 1.82) is 0 Å². The van der Waals surface area contributed by atoms with Crippen LogP contribution in [0, 0.1) is 0 Å². The van der Waals surface area contributed by atoms with Gasteiger partial charge in [-0.2, -0.15) is 4.98 Å². The van der Waals surface area contributed by atoms with Gasteiger partial charge >= 0.3 is 0 Å². The predicted octanol–water partition coefficient (Wildman–Crippen LogP) is 1.73. The highest BCUT2D eigenvalue weighted by molar-refractivity contribution is 5.52. The molecule has 5 nitrogen and oxygen atoms in total. The molecule has 2 atom stereocenters. The number of hydrogen-bond donors (Lipinski definition) is 1. The topological polar surface area (TPSA) is 77.8 Å². The molecule has 0 aromatic carbocycles. The van der Waals surface area contributed by atoms with Crippen LogP contribution in [-0.4, -0.2) is 21.2 Å². The van der Waals surface area contributed by atoms with Crippen LogP contribution >= 0.6 is 0 Å². The zero-order chi connectivity index (χ0) is 11.7. The zero-order valence-electron chi connectivity index (χ0n) is 9.41. The second-order valence-corrected chi connectivity index (χ2v) is 4.39. The first-order valence-electron chi connectivity index (χ1n) is 5.84. The first kappa shape index (κ1) is 10.4. The standard InChI is InChI=1S/C12H14N4O/c13-10-3-1-2-9(10)12-15-11(16-17-12)8-4-6-14-7-5-8/h4-7,9-10H,1-3,13H2. The van der Waals surface area contributed by atoms with Crippen molar-refractivity contribution in [2.24, 2.45) is 5.73 Å². The molecular formula is C12H14N4O. The first-order chi connectivity index (χ1) is 8.34. The third-order valence-electron chi connectivity index (χ3n) is 3.27. The van der Waals surface area contributed by atoms with Crippen LogP contribution < -0.4 is 5.73 Å². The van der Waals surface area contributed by atoms with Gasteiger partial charge in [0.2, 0.25) is 11.7 Å². The Morgan fingerprint density at radius 3 is 2.76 bits per heavy atom. The smallest absolute Gasteiger partial charge is 0.231 e. The summed E-state index contributed by atoms with van der Waals surface area (Å²) in [6.07, 6.45) is 6.65. The van der Waals surface area contributed by atoms with E-state index in [1.807, 2.05) is 12.1 Å². The quantitative estimate of drug-likeness (QED) is 0.850. The van der Waals surface area contributed by atoms with E-state index in [0.29, 0.717) is 11.7 Å². The number of pyridine rings is 1. The van der Waals surface area contributed by atoms with Crippen LogP contribution in [0.25, 0.3) is 11.4 Å². The third-order valence-corrected chi connectivity index (χ3v) is 3.27. The molecule has 17 heavy (non-hydrogen) atoms. The molecule has 2 aromatic heterocycles. The summed E-state index contributed by atoms with van der Waals surface area (Å²) in [5, 5.41) is 4.00. The van der Waals surface area contributed by atoms with Gasteiger partial charge in [0.1, 0.15) is 0 Å². The molecule has 1 aliphatic rings. The number of aromatic nitrogens is 3. The Kier molecular flexibility index (Phi) is 2.60. The van der Waals surface area contributed by atoms with Crippen molar-refractivity contribution in [3.63, 3.8) is 0 Å². The molecular weight excluding hydrogens is 216 g/mol. The van der Waals surface area contributed by atoms with Crippen molar-refractivity contribution in [2.45, 2.75) is 31.2 Å². The third kappa shape index (κ3) is 1.93. The summed E-state index contributed by atoms with van der Waals surface area (Å²) in [7, 11) is 0. The highest BCUT2D eigenvalue weighted by atomic mass is 16.5. The van der Waals surface area contributed by atoms with E-state index in [1.165, 1.54) is 0 Å². The zero-order valence-corrected chi connectivity index (χ0v) is 9.41. The lowest BCUT2D eigenvalue weighted by molar-refractivity contribution is 0.345. The van der Waals surface area contributed by atoms with Gasteiger partial charge in [-0.25, -0.2) is 0 Å². The Hall–Kier alpha value is -1.75. The molecule has 2 unspecified atom stereocenters. The Bertz CT molecular complexity index is 496. The van der Waals surface area contributed by atoms with E-state index >= 15 is 0 Å². The van der Waals surface area contributed by atoms with Gasteiger partial charge in [-0.1, -0.05) is 11.6 Å². The van der Waals surface area contributed by atoms with Crippen LogP contribution in [0.4, 0.5) is 0 Å². The molecule has 0 saturated heterocycles. The monoisotopic (exact) mass is 230 g/mol. The highest BCUT2D eigenvalue weighted by Gasteiger charge is 2.30. The maximum Gasteiger partial charge on any atom is 0.231 e. The molecule has 5 heteroatoms. The van der Waals surface area contributed by atoms with Crippen LogP contribution in [0.3, 0.4) is 0 Å². The van der Waals surface area contributed by atoms with E-state index in [-0.39, 0.29) is 12.0 Å². The largest absolute Gasteiger partial charge is 0.339 e. The molecule has 0 spiro atoms. The van der Waals surface area contributed by atoms with E-state index in [4.69, 9.17) is 10.3 Å². The molecule has 2 aromatic rings. The Balaban J connectivity index is 1.88. The van der Waals surface area contributed by atoms with Crippen LogP contribution in [0.15, 0.2) is 29.0 Å². The fourth-order valence-corrected chi connectivity index (χ4v) is 2.30. The van der Waals surface area contributed by atoms with Gasteiger partial charge in [0, 0.05) is 24.0 Å². The van der Waals surface area contributed by atoms with E-state index in [9.17, 15) is 0 Å². The minimum atomic E-state index is 0.153. The number of nitrogens with zero attached hydrogens (tertiary/aromatic N) is 3. The number of rotatable bonds is 2. The molecule has 1 saturated carbocycles. The second kappa shape index (κ2) is 4.25. The van der Waals surface area contributed by atoms with Crippen molar-refractivity contribution in [3.8, 4) is 11.4 Å². The molecule has 0 radical (unpaired) electrons. The summed E-state index contributed by atoms with van der Waals surface area (Å²) in [4.78, 5) is 8.39. The maximum atomic E-state index is 6.02. The SMILES string of the molecule is NC1CCCC1c1nc(-c2ccncc2)no1. The van der Waals surface area contributed by atoms with Crippen molar-refractivity contribution in [3.05, 3.63) is 30.4 Å². The summed E-state index contributed by atoms with van der Waals surface area (Å²) in [5.74, 6) is 1.50. The Morgan fingerprint density at radius 1 is 1.24 bits per heavy atom. The summed E-state index contributed by atoms with van der Waals surface area (Å²) in [5.41, 5.74) is 6.94. The maximum absolute atomic E-state index is 6.02. The van der Waals surface area contributed by atoms with Crippen LogP contribution in [0.2, 0.25) is 0 Å². The van der Waals surface area contributed by atoms with Crippen molar-refractivity contribution in [2.75, 3.05) is 0 Å². The van der Waals surface area contributed by atoms with Crippen LogP contribution in [0.5, 0.6) is 0 Å². The second-order valence-electron chi connectivity index (χ2n) is 4.39. The summed E-state index contributed by atoms with van der Waals surface area (Å²) in [6.45, 7) is 0. The normalized spacial score (nSPS) is 24.1. The molecule has 1 fully saturated rings. The average Bonchev–Trinajstić information content (AvgIpc) is 2.98. The van der Waals surface area contributed by atoms with Crippen molar-refractivity contribution < 1.29 is 4.52 Å². The van der Waals surface area contributed by atoms with Gasteiger partial charge in [0.25, 0.3) is 0 Å². The van der Waals surface area contributed by atoms with E-state index in [1.54, 1.807) is 12.4 Å². The van der Waals surface area contributed by atoms with E-state index in [0.717, 1.165) is 24.8 Å². The number of hydrogen-bond acceptors (Lipinski definition) is 5. The molecule has 1 aliphatic carbocycles.